The summed E-state index contributed by atoms with van der Waals surface area (Å²) in [7, 11) is -3.30. The minimum Gasteiger partial charge on any atom is -0.317 e. The van der Waals surface area contributed by atoms with Gasteiger partial charge in [0, 0.05) is 5.69 Å². The van der Waals surface area contributed by atoms with Crippen molar-refractivity contribution in [3.05, 3.63) is 42.5 Å². The Balaban J connectivity index is 1.84. The number of piperidine rings is 1. The summed E-state index contributed by atoms with van der Waals surface area (Å²) in [6, 6.07) is 13.6. The van der Waals surface area contributed by atoms with Gasteiger partial charge in [-0.15, -0.1) is 0 Å². The van der Waals surface area contributed by atoms with Crippen LogP contribution in [0.25, 0.3) is 10.8 Å². The molecule has 2 N–H and O–H groups in total. The van der Waals surface area contributed by atoms with Crippen molar-refractivity contribution in [1.29, 1.82) is 0 Å². The molecule has 4 nitrogen and oxygen atoms in total. The summed E-state index contributed by atoms with van der Waals surface area (Å²) >= 11 is 0. The molecule has 5 heteroatoms. The molecule has 0 spiro atoms. The van der Waals surface area contributed by atoms with E-state index in [2.05, 4.69) is 10.0 Å². The van der Waals surface area contributed by atoms with Gasteiger partial charge in [-0.2, -0.15) is 0 Å². The van der Waals surface area contributed by atoms with E-state index in [0.717, 1.165) is 23.9 Å². The zero-order valence-corrected chi connectivity index (χ0v) is 12.0. The third-order valence-electron chi connectivity index (χ3n) is 3.73. The highest BCUT2D eigenvalue weighted by Crippen LogP contribution is 2.22. The molecule has 0 amide bonds. The summed E-state index contributed by atoms with van der Waals surface area (Å²) in [5, 5.41) is 5.03. The molecular weight excluding hydrogens is 272 g/mol. The van der Waals surface area contributed by atoms with Crippen molar-refractivity contribution in [3.63, 3.8) is 0 Å². The van der Waals surface area contributed by atoms with E-state index >= 15 is 0 Å². The maximum absolute atomic E-state index is 12.4. The van der Waals surface area contributed by atoms with Gasteiger partial charge in [-0.25, -0.2) is 8.42 Å². The topological polar surface area (TPSA) is 58.2 Å². The van der Waals surface area contributed by atoms with Crippen molar-refractivity contribution < 1.29 is 8.42 Å². The predicted octanol–water partition coefficient (Wildman–Crippen LogP) is 2.33. The summed E-state index contributed by atoms with van der Waals surface area (Å²) in [5.74, 6) is 0. The zero-order valence-electron chi connectivity index (χ0n) is 11.2. The van der Waals surface area contributed by atoms with Gasteiger partial charge < -0.3 is 5.32 Å². The number of hydrogen-bond acceptors (Lipinski definition) is 3. The van der Waals surface area contributed by atoms with E-state index < -0.39 is 10.0 Å². The summed E-state index contributed by atoms with van der Waals surface area (Å²) in [6.07, 6.45) is 1.34. The van der Waals surface area contributed by atoms with Gasteiger partial charge in [-0.3, -0.25) is 4.72 Å². The largest absolute Gasteiger partial charge is 0.317 e. The fourth-order valence-electron chi connectivity index (χ4n) is 2.61. The molecule has 0 radical (unpaired) electrons. The molecule has 0 unspecified atom stereocenters. The smallest absolute Gasteiger partial charge is 0.235 e. The van der Waals surface area contributed by atoms with Gasteiger partial charge in [0.05, 0.1) is 5.25 Å². The van der Waals surface area contributed by atoms with Crippen molar-refractivity contribution >= 4 is 26.5 Å². The van der Waals surface area contributed by atoms with Crippen LogP contribution in [0.3, 0.4) is 0 Å². The highest BCUT2D eigenvalue weighted by Gasteiger charge is 2.26. The van der Waals surface area contributed by atoms with Crippen LogP contribution in [0.5, 0.6) is 0 Å². The Morgan fingerprint density at radius 3 is 2.45 bits per heavy atom. The molecule has 1 aliphatic rings. The minimum atomic E-state index is -3.30. The van der Waals surface area contributed by atoms with E-state index in [-0.39, 0.29) is 5.25 Å². The number of anilines is 1. The fourth-order valence-corrected chi connectivity index (χ4v) is 4.08. The van der Waals surface area contributed by atoms with Gasteiger partial charge in [-0.1, -0.05) is 30.3 Å². The Kier molecular flexibility index (Phi) is 3.63. The van der Waals surface area contributed by atoms with Crippen LogP contribution in [0.15, 0.2) is 42.5 Å². The molecule has 0 saturated carbocycles. The van der Waals surface area contributed by atoms with Crippen LogP contribution in [0.4, 0.5) is 5.69 Å². The van der Waals surface area contributed by atoms with Crippen LogP contribution in [-0.2, 0) is 10.0 Å². The first-order valence-corrected chi connectivity index (χ1v) is 8.41. The lowest BCUT2D eigenvalue weighted by atomic mass is 10.1. The van der Waals surface area contributed by atoms with Gasteiger partial charge in [0.15, 0.2) is 0 Å². The molecule has 1 saturated heterocycles. The second-order valence-electron chi connectivity index (χ2n) is 5.16. The SMILES string of the molecule is O=S(=O)(Nc1ccc2ccccc2c1)C1CCNCC1. The van der Waals surface area contributed by atoms with Crippen molar-refractivity contribution in [2.24, 2.45) is 0 Å². The van der Waals surface area contributed by atoms with Crippen LogP contribution in [0.2, 0.25) is 0 Å². The molecule has 20 heavy (non-hydrogen) atoms. The normalized spacial score (nSPS) is 17.2. The van der Waals surface area contributed by atoms with Gasteiger partial charge in [0.1, 0.15) is 0 Å². The average Bonchev–Trinajstić information content (AvgIpc) is 2.48. The summed E-state index contributed by atoms with van der Waals surface area (Å²) in [6.45, 7) is 1.53. The number of benzene rings is 2. The quantitative estimate of drug-likeness (QED) is 0.912. The Labute approximate surface area is 119 Å². The number of nitrogens with one attached hydrogen (secondary N) is 2. The van der Waals surface area contributed by atoms with Crippen molar-refractivity contribution in [1.82, 2.24) is 5.32 Å². The fraction of sp³-hybridized carbons (Fsp3) is 0.333. The number of fused-ring (bicyclic) bond motifs is 1. The van der Waals surface area contributed by atoms with E-state index in [9.17, 15) is 8.42 Å². The van der Waals surface area contributed by atoms with Gasteiger partial charge in [0.25, 0.3) is 0 Å². The highest BCUT2D eigenvalue weighted by atomic mass is 32.2. The van der Waals surface area contributed by atoms with Crippen molar-refractivity contribution in [3.8, 4) is 0 Å². The van der Waals surface area contributed by atoms with Crippen LogP contribution >= 0.6 is 0 Å². The molecule has 1 aliphatic heterocycles. The zero-order chi connectivity index (χ0) is 14.0. The third-order valence-corrected chi connectivity index (χ3v) is 5.60. The maximum atomic E-state index is 12.4. The Hall–Kier alpha value is -1.59. The van der Waals surface area contributed by atoms with E-state index in [1.165, 1.54) is 0 Å². The molecule has 1 fully saturated rings. The standard InChI is InChI=1S/C15H18N2O2S/c18-20(19,15-7-9-16-10-8-15)17-14-6-5-12-3-1-2-4-13(12)11-14/h1-6,11,15-17H,7-10H2. The van der Waals surface area contributed by atoms with E-state index in [1.807, 2.05) is 42.5 Å². The molecule has 2 aromatic rings. The molecular formula is C15H18N2O2S. The van der Waals surface area contributed by atoms with Crippen LogP contribution < -0.4 is 10.0 Å². The molecule has 0 aliphatic carbocycles. The first-order chi connectivity index (χ1) is 9.65. The summed E-state index contributed by atoms with van der Waals surface area (Å²) in [5.41, 5.74) is 0.641. The maximum Gasteiger partial charge on any atom is 0.235 e. The summed E-state index contributed by atoms with van der Waals surface area (Å²) in [4.78, 5) is 0. The Morgan fingerprint density at radius 2 is 1.70 bits per heavy atom. The highest BCUT2D eigenvalue weighted by molar-refractivity contribution is 7.93. The van der Waals surface area contributed by atoms with Gasteiger partial charge >= 0.3 is 0 Å². The average molecular weight is 290 g/mol. The van der Waals surface area contributed by atoms with Crippen LogP contribution in [0, 0.1) is 0 Å². The second kappa shape index (κ2) is 5.42. The molecule has 0 atom stereocenters. The number of hydrogen-bond donors (Lipinski definition) is 2. The number of sulfonamides is 1. The van der Waals surface area contributed by atoms with E-state index in [1.54, 1.807) is 0 Å². The van der Waals surface area contributed by atoms with Gasteiger partial charge in [-0.05, 0) is 48.8 Å². The molecule has 2 aromatic carbocycles. The van der Waals surface area contributed by atoms with Gasteiger partial charge in [0.2, 0.25) is 10.0 Å². The first kappa shape index (κ1) is 13.4. The molecule has 106 valence electrons. The minimum absolute atomic E-state index is 0.296. The Morgan fingerprint density at radius 1 is 1.00 bits per heavy atom. The third kappa shape index (κ3) is 2.78. The lowest BCUT2D eigenvalue weighted by Gasteiger charge is -2.23. The van der Waals surface area contributed by atoms with E-state index in [0.29, 0.717) is 18.5 Å². The molecule has 3 rings (SSSR count). The second-order valence-corrected chi connectivity index (χ2v) is 7.12. The molecule has 1 heterocycles. The molecule has 0 bridgehead atoms. The first-order valence-electron chi connectivity index (χ1n) is 6.86. The van der Waals surface area contributed by atoms with Crippen molar-refractivity contribution in [2.75, 3.05) is 17.8 Å². The lowest BCUT2D eigenvalue weighted by molar-refractivity contribution is 0.499. The predicted molar refractivity (Wildman–Crippen MR) is 82.4 cm³/mol. The van der Waals surface area contributed by atoms with E-state index in [4.69, 9.17) is 0 Å². The van der Waals surface area contributed by atoms with Crippen LogP contribution in [0.1, 0.15) is 12.8 Å². The van der Waals surface area contributed by atoms with Crippen molar-refractivity contribution in [2.45, 2.75) is 18.1 Å². The number of rotatable bonds is 3. The lowest BCUT2D eigenvalue weighted by Crippen LogP contribution is -2.38. The summed E-state index contributed by atoms with van der Waals surface area (Å²) < 4.78 is 27.4. The monoisotopic (exact) mass is 290 g/mol. The molecule has 0 aromatic heterocycles. The van der Waals surface area contributed by atoms with Crippen LogP contribution in [-0.4, -0.2) is 26.8 Å². The Bertz CT molecular complexity index is 707.